The molecule has 1 N–H and O–H groups in total. The van der Waals surface area contributed by atoms with Crippen LogP contribution in [-0.2, 0) is 0 Å². The first-order chi connectivity index (χ1) is 6.72. The van der Waals surface area contributed by atoms with Gasteiger partial charge in [-0.15, -0.1) is 0 Å². The van der Waals surface area contributed by atoms with Crippen LogP contribution in [0.15, 0.2) is 24.4 Å². The predicted octanol–water partition coefficient (Wildman–Crippen LogP) is 0.540. The summed E-state index contributed by atoms with van der Waals surface area (Å²) in [6.07, 6.45) is 1.42. The van der Waals surface area contributed by atoms with Crippen molar-refractivity contribution in [3.05, 3.63) is 30.0 Å². The molecule has 1 aromatic heterocycles. The first-order valence-electron chi connectivity index (χ1n) is 4.09. The van der Waals surface area contributed by atoms with Gasteiger partial charge in [-0.25, -0.2) is 0 Å². The second-order valence-corrected chi connectivity index (χ2v) is 2.90. The van der Waals surface area contributed by atoms with Crippen LogP contribution in [-0.4, -0.2) is 18.1 Å². The highest BCUT2D eigenvalue weighted by molar-refractivity contribution is 6.02. The van der Waals surface area contributed by atoms with E-state index in [-0.39, 0.29) is 5.56 Å². The molecule has 72 valence electrons. The van der Waals surface area contributed by atoms with E-state index in [1.54, 1.807) is 18.2 Å². The number of fused-ring (bicyclic) bond motifs is 1. The van der Waals surface area contributed by atoms with Crippen LogP contribution in [0.1, 0.15) is 10.4 Å². The highest BCUT2D eigenvalue weighted by atomic mass is 16.5. The zero-order valence-electron chi connectivity index (χ0n) is 7.53. The normalized spacial score (nSPS) is 10.4. The summed E-state index contributed by atoms with van der Waals surface area (Å²) in [5.41, 5.74) is 0.906. The van der Waals surface area contributed by atoms with Crippen LogP contribution in [0.25, 0.3) is 10.9 Å². The number of carbonyl (C=O) groups excluding carboxylic acids is 1. The Morgan fingerprint density at radius 3 is 2.93 bits per heavy atom. The van der Waals surface area contributed by atoms with E-state index in [1.807, 2.05) is 0 Å². The Bertz CT molecular complexity index is 487. The number of aromatic amines is 1. The maximum Gasteiger partial charge on any atom is 0.119 e. The van der Waals surface area contributed by atoms with Crippen molar-refractivity contribution in [3.63, 3.8) is 0 Å². The summed E-state index contributed by atoms with van der Waals surface area (Å²) in [6.45, 7) is 0. The number of methoxy groups -OCH3 is 1. The van der Waals surface area contributed by atoms with Crippen molar-refractivity contribution in [1.29, 1.82) is 0 Å². The number of carboxylic acid groups (broad SMARTS) is 1. The molecule has 0 saturated heterocycles. The van der Waals surface area contributed by atoms with E-state index in [0.717, 1.165) is 5.52 Å². The van der Waals surface area contributed by atoms with E-state index in [4.69, 9.17) is 4.74 Å². The number of aromatic carboxylic acids is 1. The molecule has 4 nitrogen and oxygen atoms in total. The van der Waals surface area contributed by atoms with Crippen molar-refractivity contribution in [2.24, 2.45) is 0 Å². The average molecular weight is 190 g/mol. The molecule has 1 heterocycles. The number of ether oxygens (including phenoxy) is 1. The second-order valence-electron chi connectivity index (χ2n) is 2.90. The van der Waals surface area contributed by atoms with Crippen molar-refractivity contribution >= 4 is 16.9 Å². The van der Waals surface area contributed by atoms with Gasteiger partial charge in [-0.05, 0) is 18.2 Å². The highest BCUT2D eigenvalue weighted by Gasteiger charge is 2.04. The van der Waals surface area contributed by atoms with Crippen molar-refractivity contribution < 1.29 is 14.6 Å². The lowest BCUT2D eigenvalue weighted by molar-refractivity contribution is -0.254. The third-order valence-electron chi connectivity index (χ3n) is 2.11. The van der Waals surface area contributed by atoms with Crippen molar-refractivity contribution in [2.75, 3.05) is 7.11 Å². The van der Waals surface area contributed by atoms with Crippen molar-refractivity contribution in [3.8, 4) is 5.75 Å². The summed E-state index contributed by atoms with van der Waals surface area (Å²) >= 11 is 0. The molecule has 0 unspecified atom stereocenters. The third-order valence-corrected chi connectivity index (χ3v) is 2.11. The van der Waals surface area contributed by atoms with Crippen LogP contribution in [0.5, 0.6) is 5.75 Å². The van der Waals surface area contributed by atoms with Gasteiger partial charge in [-0.1, -0.05) is 0 Å². The lowest BCUT2D eigenvalue weighted by atomic mass is 10.2. The topological polar surface area (TPSA) is 65.2 Å². The summed E-state index contributed by atoms with van der Waals surface area (Å²) in [6, 6.07) is 5.19. The molecule has 0 atom stereocenters. The van der Waals surface area contributed by atoms with Crippen LogP contribution in [0.4, 0.5) is 0 Å². The summed E-state index contributed by atoms with van der Waals surface area (Å²) in [7, 11) is 1.53. The summed E-state index contributed by atoms with van der Waals surface area (Å²) in [5, 5.41) is 11.3. The summed E-state index contributed by atoms with van der Waals surface area (Å²) in [5.74, 6) is -0.566. The molecule has 0 spiro atoms. The van der Waals surface area contributed by atoms with Crippen LogP contribution >= 0.6 is 0 Å². The van der Waals surface area contributed by atoms with E-state index >= 15 is 0 Å². The molecule has 0 aliphatic carbocycles. The zero-order valence-corrected chi connectivity index (χ0v) is 7.53. The molecule has 2 aromatic rings. The molecular weight excluding hydrogens is 182 g/mol. The molecule has 14 heavy (non-hydrogen) atoms. The Labute approximate surface area is 80.1 Å². The molecular formula is C10H8NO3-. The molecule has 0 aliphatic rings. The van der Waals surface area contributed by atoms with Gasteiger partial charge >= 0.3 is 0 Å². The first kappa shape index (κ1) is 8.62. The minimum atomic E-state index is -1.19. The quantitative estimate of drug-likeness (QED) is 0.751. The third kappa shape index (κ3) is 1.21. The van der Waals surface area contributed by atoms with Gasteiger partial charge in [0.1, 0.15) is 5.75 Å². The van der Waals surface area contributed by atoms with Gasteiger partial charge in [-0.2, -0.15) is 0 Å². The van der Waals surface area contributed by atoms with Gasteiger partial charge in [0.05, 0.1) is 13.1 Å². The van der Waals surface area contributed by atoms with Gasteiger partial charge in [0.2, 0.25) is 0 Å². The molecule has 2 rings (SSSR count). The Morgan fingerprint density at radius 2 is 2.29 bits per heavy atom. The van der Waals surface area contributed by atoms with Gasteiger partial charge in [0.25, 0.3) is 0 Å². The largest absolute Gasteiger partial charge is 0.545 e. The van der Waals surface area contributed by atoms with E-state index in [2.05, 4.69) is 4.98 Å². The highest BCUT2D eigenvalue weighted by Crippen LogP contribution is 2.22. The Balaban J connectivity index is 2.69. The van der Waals surface area contributed by atoms with Crippen LogP contribution < -0.4 is 9.84 Å². The standard InChI is InChI=1S/C10H9NO3/c1-14-6-2-3-9-7(4-6)8(5-11-9)10(12)13/h2-5,11H,1H3,(H,12,13)/p-1. The molecule has 0 aliphatic heterocycles. The van der Waals surface area contributed by atoms with Gasteiger partial charge in [0, 0.05) is 22.7 Å². The number of carboxylic acids is 1. The van der Waals surface area contributed by atoms with Crippen LogP contribution in [0.2, 0.25) is 0 Å². The van der Waals surface area contributed by atoms with Gasteiger partial charge < -0.3 is 19.6 Å². The first-order valence-corrected chi connectivity index (χ1v) is 4.09. The lowest BCUT2D eigenvalue weighted by Crippen LogP contribution is -2.21. The molecule has 1 aromatic carbocycles. The maximum atomic E-state index is 10.7. The van der Waals surface area contributed by atoms with Crippen molar-refractivity contribution in [2.45, 2.75) is 0 Å². The molecule has 0 amide bonds. The number of hydrogen-bond acceptors (Lipinski definition) is 3. The molecule has 0 saturated carbocycles. The van der Waals surface area contributed by atoms with E-state index < -0.39 is 5.97 Å². The minimum Gasteiger partial charge on any atom is -0.545 e. The molecule has 0 bridgehead atoms. The number of nitrogens with one attached hydrogen (secondary N) is 1. The number of H-pyrrole nitrogens is 1. The Hall–Kier alpha value is -1.97. The van der Waals surface area contributed by atoms with E-state index in [1.165, 1.54) is 13.3 Å². The predicted molar refractivity (Wildman–Crippen MR) is 49.2 cm³/mol. The average Bonchev–Trinajstić information content (AvgIpc) is 2.59. The van der Waals surface area contributed by atoms with Gasteiger partial charge in [-0.3, -0.25) is 0 Å². The van der Waals surface area contributed by atoms with E-state index in [0.29, 0.717) is 11.1 Å². The monoisotopic (exact) mass is 190 g/mol. The minimum absolute atomic E-state index is 0.152. The summed E-state index contributed by atoms with van der Waals surface area (Å²) < 4.78 is 5.00. The Kier molecular flexibility index (Phi) is 1.89. The Morgan fingerprint density at radius 1 is 1.50 bits per heavy atom. The number of carbonyl (C=O) groups is 1. The molecule has 4 heteroatoms. The summed E-state index contributed by atoms with van der Waals surface area (Å²) in [4.78, 5) is 13.5. The van der Waals surface area contributed by atoms with Crippen LogP contribution in [0.3, 0.4) is 0 Å². The fourth-order valence-electron chi connectivity index (χ4n) is 1.40. The van der Waals surface area contributed by atoms with E-state index in [9.17, 15) is 9.90 Å². The molecule has 0 fully saturated rings. The number of rotatable bonds is 2. The fourth-order valence-corrected chi connectivity index (χ4v) is 1.40. The maximum absolute atomic E-state index is 10.7. The van der Waals surface area contributed by atoms with Crippen molar-refractivity contribution in [1.82, 2.24) is 4.98 Å². The lowest BCUT2D eigenvalue weighted by Gasteiger charge is -2.01. The number of hydrogen-bond donors (Lipinski definition) is 1. The SMILES string of the molecule is COc1ccc2[nH]cc(C(=O)[O-])c2c1. The zero-order chi connectivity index (χ0) is 10.1. The fraction of sp³-hybridized carbons (Fsp3) is 0.100. The smallest absolute Gasteiger partial charge is 0.119 e. The second kappa shape index (κ2) is 3.06. The number of benzene rings is 1. The van der Waals surface area contributed by atoms with Crippen LogP contribution in [0, 0.1) is 0 Å². The number of aromatic nitrogens is 1. The van der Waals surface area contributed by atoms with Gasteiger partial charge in [0.15, 0.2) is 0 Å². The molecule has 0 radical (unpaired) electrons.